The van der Waals surface area contributed by atoms with Crippen LogP contribution in [0.2, 0.25) is 0 Å². The van der Waals surface area contributed by atoms with Gasteiger partial charge in [0.1, 0.15) is 5.60 Å². The molecule has 1 nitrogen and oxygen atoms in total. The molecule has 1 N–H and O–H groups in total. The van der Waals surface area contributed by atoms with Gasteiger partial charge >= 0.3 is 0 Å². The zero-order valence-electron chi connectivity index (χ0n) is 15.8. The molecule has 0 bridgehead atoms. The Balaban J connectivity index is 1.97. The molecule has 1 aliphatic carbocycles. The monoisotopic (exact) mass is 352 g/mol. The van der Waals surface area contributed by atoms with E-state index < -0.39 is 5.60 Å². The van der Waals surface area contributed by atoms with Crippen LogP contribution in [-0.2, 0) is 5.60 Å². The van der Waals surface area contributed by atoms with Crippen LogP contribution < -0.4 is 0 Å². The van der Waals surface area contributed by atoms with Crippen LogP contribution in [0.4, 0.5) is 0 Å². The van der Waals surface area contributed by atoms with Gasteiger partial charge in [0.05, 0.1) is 0 Å². The molecule has 0 saturated carbocycles. The Morgan fingerprint density at radius 3 is 1.74 bits per heavy atom. The maximum absolute atomic E-state index is 12.2. The van der Waals surface area contributed by atoms with E-state index in [-0.39, 0.29) is 5.92 Å². The third kappa shape index (κ3) is 3.05. The molecule has 134 valence electrons. The number of allylic oxidation sites excluding steroid dienone is 4. The topological polar surface area (TPSA) is 20.2 Å². The van der Waals surface area contributed by atoms with Crippen LogP contribution >= 0.6 is 0 Å². The van der Waals surface area contributed by atoms with E-state index in [1.807, 2.05) is 66.7 Å². The quantitative estimate of drug-likeness (QED) is 0.574. The van der Waals surface area contributed by atoms with Gasteiger partial charge in [-0.05, 0) is 36.1 Å². The van der Waals surface area contributed by atoms with Gasteiger partial charge in [0.2, 0.25) is 0 Å². The molecule has 1 unspecified atom stereocenters. The van der Waals surface area contributed by atoms with Crippen molar-refractivity contribution in [3.8, 4) is 0 Å². The van der Waals surface area contributed by atoms with Gasteiger partial charge in [0.15, 0.2) is 0 Å². The fraction of sp³-hybridized carbons (Fsp3) is 0.154. The highest BCUT2D eigenvalue weighted by molar-refractivity contribution is 5.55. The summed E-state index contributed by atoms with van der Waals surface area (Å²) in [5.41, 5.74) is 5.22. The highest BCUT2D eigenvalue weighted by atomic mass is 16.3. The Hall–Kier alpha value is -2.90. The van der Waals surface area contributed by atoms with Gasteiger partial charge in [-0.1, -0.05) is 108 Å². The van der Waals surface area contributed by atoms with E-state index in [9.17, 15) is 5.11 Å². The van der Waals surface area contributed by atoms with E-state index >= 15 is 0 Å². The fourth-order valence-electron chi connectivity index (χ4n) is 4.16. The predicted molar refractivity (Wildman–Crippen MR) is 112 cm³/mol. The molecule has 3 aromatic carbocycles. The molecule has 1 atom stereocenters. The number of hydrogen-bond acceptors (Lipinski definition) is 1. The second-order valence-corrected chi connectivity index (χ2v) is 7.31. The van der Waals surface area contributed by atoms with Crippen molar-refractivity contribution in [2.75, 3.05) is 0 Å². The minimum atomic E-state index is -1.20. The first-order valence-corrected chi connectivity index (χ1v) is 9.40. The van der Waals surface area contributed by atoms with Gasteiger partial charge < -0.3 is 5.11 Å². The van der Waals surface area contributed by atoms with E-state index in [2.05, 4.69) is 44.2 Å². The van der Waals surface area contributed by atoms with Crippen molar-refractivity contribution in [2.45, 2.75) is 25.4 Å². The maximum Gasteiger partial charge on any atom is 0.140 e. The Labute approximate surface area is 161 Å². The van der Waals surface area contributed by atoms with Crippen molar-refractivity contribution in [3.63, 3.8) is 0 Å². The van der Waals surface area contributed by atoms with E-state index in [1.54, 1.807) is 0 Å². The summed E-state index contributed by atoms with van der Waals surface area (Å²) in [6.45, 7) is 4.30. The lowest BCUT2D eigenvalue weighted by Gasteiger charge is -2.33. The summed E-state index contributed by atoms with van der Waals surface area (Å²) in [5.74, 6) is 0.195. The molecule has 0 radical (unpaired) electrons. The number of benzene rings is 3. The van der Waals surface area contributed by atoms with E-state index in [0.29, 0.717) is 0 Å². The average Bonchev–Trinajstić information content (AvgIpc) is 3.06. The first kappa shape index (κ1) is 17.5. The molecule has 0 aromatic heterocycles. The van der Waals surface area contributed by atoms with E-state index in [1.165, 1.54) is 11.1 Å². The SMILES string of the molecule is CC1=CC(c2ccccc2C(O)(c2ccccc2)c2ccccc2)C(C)=C1. The van der Waals surface area contributed by atoms with Crippen LogP contribution in [0.3, 0.4) is 0 Å². The summed E-state index contributed by atoms with van der Waals surface area (Å²) in [5, 5.41) is 12.2. The molecular weight excluding hydrogens is 328 g/mol. The van der Waals surface area contributed by atoms with Crippen molar-refractivity contribution in [1.82, 2.24) is 0 Å². The Bertz CT molecular complexity index is 957. The third-order valence-electron chi connectivity index (χ3n) is 5.44. The molecule has 0 amide bonds. The van der Waals surface area contributed by atoms with Crippen molar-refractivity contribution < 1.29 is 5.11 Å². The van der Waals surface area contributed by atoms with E-state index in [0.717, 1.165) is 22.3 Å². The summed E-state index contributed by atoms with van der Waals surface area (Å²) in [6.07, 6.45) is 4.51. The molecule has 1 aliphatic rings. The van der Waals surface area contributed by atoms with Crippen LogP contribution in [0.5, 0.6) is 0 Å². The van der Waals surface area contributed by atoms with Crippen LogP contribution in [0.1, 0.15) is 42.0 Å². The fourth-order valence-corrected chi connectivity index (χ4v) is 4.16. The average molecular weight is 352 g/mol. The minimum absolute atomic E-state index is 0.195. The van der Waals surface area contributed by atoms with Crippen molar-refractivity contribution in [3.05, 3.63) is 130 Å². The lowest BCUT2D eigenvalue weighted by molar-refractivity contribution is 0.124. The molecule has 1 heteroatoms. The lowest BCUT2D eigenvalue weighted by Crippen LogP contribution is -2.30. The van der Waals surface area contributed by atoms with Crippen molar-refractivity contribution >= 4 is 0 Å². The normalized spacial score (nSPS) is 16.8. The molecule has 27 heavy (non-hydrogen) atoms. The van der Waals surface area contributed by atoms with Crippen molar-refractivity contribution in [1.29, 1.82) is 0 Å². The maximum atomic E-state index is 12.2. The van der Waals surface area contributed by atoms with E-state index in [4.69, 9.17) is 0 Å². The molecule has 3 aromatic rings. The number of rotatable bonds is 4. The van der Waals surface area contributed by atoms with Gasteiger partial charge in [-0.3, -0.25) is 0 Å². The molecule has 0 saturated heterocycles. The minimum Gasteiger partial charge on any atom is -0.376 e. The number of aliphatic hydroxyl groups is 1. The van der Waals surface area contributed by atoms with Crippen LogP contribution in [0.25, 0.3) is 0 Å². The summed E-state index contributed by atoms with van der Waals surface area (Å²) >= 11 is 0. The summed E-state index contributed by atoms with van der Waals surface area (Å²) in [6, 6.07) is 28.2. The first-order chi connectivity index (χ1) is 13.1. The Morgan fingerprint density at radius 2 is 1.22 bits per heavy atom. The Kier molecular flexibility index (Phi) is 4.55. The molecular formula is C26H24O. The summed E-state index contributed by atoms with van der Waals surface area (Å²) in [4.78, 5) is 0. The number of hydrogen-bond donors (Lipinski definition) is 1. The zero-order chi connectivity index (χ0) is 18.9. The molecule has 4 rings (SSSR count). The van der Waals surface area contributed by atoms with Crippen molar-refractivity contribution in [2.24, 2.45) is 0 Å². The predicted octanol–water partition coefficient (Wildman–Crippen LogP) is 5.96. The van der Waals surface area contributed by atoms with Gasteiger partial charge in [-0.2, -0.15) is 0 Å². The molecule has 0 aliphatic heterocycles. The Morgan fingerprint density at radius 1 is 0.704 bits per heavy atom. The highest BCUT2D eigenvalue weighted by Gasteiger charge is 2.37. The van der Waals surface area contributed by atoms with Gasteiger partial charge in [0.25, 0.3) is 0 Å². The van der Waals surface area contributed by atoms with Gasteiger partial charge in [-0.15, -0.1) is 0 Å². The van der Waals surface area contributed by atoms with Crippen LogP contribution in [-0.4, -0.2) is 5.11 Å². The summed E-state index contributed by atoms with van der Waals surface area (Å²) in [7, 11) is 0. The smallest absolute Gasteiger partial charge is 0.140 e. The second kappa shape index (κ2) is 7.02. The molecule has 0 spiro atoms. The van der Waals surface area contributed by atoms with Crippen LogP contribution in [0.15, 0.2) is 108 Å². The highest BCUT2D eigenvalue weighted by Crippen LogP contribution is 2.43. The summed E-state index contributed by atoms with van der Waals surface area (Å²) < 4.78 is 0. The zero-order valence-corrected chi connectivity index (χ0v) is 15.8. The van der Waals surface area contributed by atoms with Crippen LogP contribution in [0, 0.1) is 0 Å². The standard InChI is InChI=1S/C26H24O/c1-19-17-20(2)24(18-19)23-15-9-10-16-25(23)26(27,21-11-5-3-6-12-21)22-13-7-4-8-14-22/h3-18,24,27H,1-2H3. The first-order valence-electron chi connectivity index (χ1n) is 9.40. The second-order valence-electron chi connectivity index (χ2n) is 7.31. The van der Waals surface area contributed by atoms with Gasteiger partial charge in [-0.25, -0.2) is 0 Å². The molecule has 0 heterocycles. The third-order valence-corrected chi connectivity index (χ3v) is 5.44. The van der Waals surface area contributed by atoms with Gasteiger partial charge in [0, 0.05) is 5.92 Å². The molecule has 0 fully saturated rings. The largest absolute Gasteiger partial charge is 0.376 e. The lowest BCUT2D eigenvalue weighted by atomic mass is 9.75.